The lowest BCUT2D eigenvalue weighted by Gasteiger charge is -2.32. The van der Waals surface area contributed by atoms with Gasteiger partial charge >= 0.3 is 12.1 Å². The zero-order valence-electron chi connectivity index (χ0n) is 26.5. The first kappa shape index (κ1) is 34.2. The molecule has 1 saturated heterocycles. The molecular weight excluding hydrogens is 629 g/mol. The van der Waals surface area contributed by atoms with Gasteiger partial charge in [-0.2, -0.15) is 28.4 Å². The molecule has 13 nitrogen and oxygen atoms in total. The lowest BCUT2D eigenvalue weighted by molar-refractivity contribution is -0.192. The van der Waals surface area contributed by atoms with E-state index in [1.54, 1.807) is 22.0 Å². The van der Waals surface area contributed by atoms with Gasteiger partial charge in [-0.25, -0.2) is 14.8 Å². The highest BCUT2D eigenvalue weighted by molar-refractivity contribution is 5.95. The number of carbonyl (C=O) groups excluding carboxylic acids is 1. The molecule has 1 aliphatic heterocycles. The number of hydrogen-bond donors (Lipinski definition) is 2. The van der Waals surface area contributed by atoms with Crippen molar-refractivity contribution in [3.8, 4) is 17.3 Å². The first-order valence-electron chi connectivity index (χ1n) is 15.4. The number of imidazole rings is 1. The van der Waals surface area contributed by atoms with Crippen molar-refractivity contribution in [2.24, 2.45) is 7.05 Å². The number of nitriles is 1. The monoisotopic (exact) mass is 664 g/mol. The molecule has 4 aromatic rings. The molecule has 1 saturated carbocycles. The molecule has 2 aliphatic rings. The number of nitrogens with zero attached hydrogens (tertiary/aromatic N) is 9. The molecule has 48 heavy (non-hydrogen) atoms. The molecule has 0 unspecified atom stereocenters. The fourth-order valence-corrected chi connectivity index (χ4v) is 5.62. The SMILES string of the molecule is CN1CCN(Cc2ccc(-c3cccc(C(=O)NN(c4nc(C#N)nc5c4ncn5C)C4CCCC4)n3)cc2)CC1.O=C(O)C(F)(F)F. The Labute approximate surface area is 274 Å². The summed E-state index contributed by atoms with van der Waals surface area (Å²) in [5.41, 5.74) is 7.40. The van der Waals surface area contributed by atoms with Crippen LogP contribution in [0.3, 0.4) is 0 Å². The second-order valence-electron chi connectivity index (χ2n) is 11.7. The largest absolute Gasteiger partial charge is 0.490 e. The number of rotatable bonds is 7. The maximum absolute atomic E-state index is 13.6. The van der Waals surface area contributed by atoms with Crippen LogP contribution >= 0.6 is 0 Å². The highest BCUT2D eigenvalue weighted by Gasteiger charge is 2.38. The van der Waals surface area contributed by atoms with Crippen molar-refractivity contribution in [3.05, 3.63) is 65.9 Å². The molecule has 3 aromatic heterocycles. The minimum absolute atomic E-state index is 0.0293. The molecule has 6 rings (SSSR count). The van der Waals surface area contributed by atoms with Crippen LogP contribution in [0.5, 0.6) is 0 Å². The number of nitrogens with one attached hydrogen (secondary N) is 1. The Balaban J connectivity index is 0.000000582. The number of fused-ring (bicyclic) bond motifs is 1. The number of benzene rings is 1. The second kappa shape index (κ2) is 14.7. The van der Waals surface area contributed by atoms with Crippen LogP contribution in [0.2, 0.25) is 0 Å². The predicted octanol–water partition coefficient (Wildman–Crippen LogP) is 3.77. The van der Waals surface area contributed by atoms with Crippen molar-refractivity contribution in [3.63, 3.8) is 0 Å². The van der Waals surface area contributed by atoms with Crippen LogP contribution in [0.25, 0.3) is 22.4 Å². The maximum Gasteiger partial charge on any atom is 0.490 e. The van der Waals surface area contributed by atoms with Crippen molar-refractivity contribution in [2.45, 2.75) is 44.4 Å². The van der Waals surface area contributed by atoms with Crippen LogP contribution in [-0.4, -0.2) is 96.7 Å². The van der Waals surface area contributed by atoms with Crippen LogP contribution in [0.1, 0.15) is 47.6 Å². The molecular formula is C32H35F3N10O3. The molecule has 2 N–H and O–H groups in total. The molecule has 1 amide bonds. The highest BCUT2D eigenvalue weighted by atomic mass is 19.4. The average Bonchev–Trinajstić information content (AvgIpc) is 3.75. The van der Waals surface area contributed by atoms with Crippen LogP contribution in [0.15, 0.2) is 48.8 Å². The number of amides is 1. The van der Waals surface area contributed by atoms with Crippen LogP contribution in [0.4, 0.5) is 19.0 Å². The van der Waals surface area contributed by atoms with E-state index in [1.807, 2.05) is 25.2 Å². The van der Waals surface area contributed by atoms with Crippen LogP contribution in [0, 0.1) is 11.3 Å². The summed E-state index contributed by atoms with van der Waals surface area (Å²) in [6.45, 7) is 5.28. The van der Waals surface area contributed by atoms with Gasteiger partial charge in [-0.05, 0) is 37.6 Å². The standard InChI is InChI=1S/C30H34N10O.C2HF3O2/c1-37-14-16-39(17-15-37)19-21-10-12-22(13-11-21)24-8-5-9-25(33-24)30(41)36-40(23-6-3-4-7-23)29-27-28(38(2)20-32-27)34-26(18-31)35-29;3-2(4,5)1(6)7/h5,8-13,20,23H,3-4,6-7,14-17,19H2,1-2H3,(H,36,41);(H,6,7). The van der Waals surface area contributed by atoms with E-state index in [9.17, 15) is 23.2 Å². The summed E-state index contributed by atoms with van der Waals surface area (Å²) in [5, 5.41) is 18.5. The van der Waals surface area contributed by atoms with Crippen molar-refractivity contribution >= 4 is 28.9 Å². The third-order valence-corrected chi connectivity index (χ3v) is 8.26. The molecule has 16 heteroatoms. The van der Waals surface area contributed by atoms with Gasteiger partial charge in [0.2, 0.25) is 5.82 Å². The Morgan fingerprint density at radius 3 is 2.31 bits per heavy atom. The van der Waals surface area contributed by atoms with E-state index in [0.717, 1.165) is 69.7 Å². The number of hydrazine groups is 1. The molecule has 0 spiro atoms. The summed E-state index contributed by atoms with van der Waals surface area (Å²) < 4.78 is 33.5. The molecule has 4 heterocycles. The van der Waals surface area contributed by atoms with Gasteiger partial charge in [-0.1, -0.05) is 43.2 Å². The topological polar surface area (TPSA) is 156 Å². The Hall–Kier alpha value is -5.14. The zero-order chi connectivity index (χ0) is 34.4. The van der Waals surface area contributed by atoms with Gasteiger partial charge in [0.15, 0.2) is 17.0 Å². The predicted molar refractivity (Wildman–Crippen MR) is 169 cm³/mol. The summed E-state index contributed by atoms with van der Waals surface area (Å²) >= 11 is 0. The summed E-state index contributed by atoms with van der Waals surface area (Å²) in [5.74, 6) is -2.64. The normalized spacial score (nSPS) is 15.8. The van der Waals surface area contributed by atoms with E-state index in [4.69, 9.17) is 14.9 Å². The lowest BCUT2D eigenvalue weighted by atomic mass is 10.1. The smallest absolute Gasteiger partial charge is 0.475 e. The van der Waals surface area contributed by atoms with E-state index in [2.05, 4.69) is 61.5 Å². The maximum atomic E-state index is 13.6. The molecule has 0 radical (unpaired) electrons. The van der Waals surface area contributed by atoms with Crippen molar-refractivity contribution in [1.82, 2.24) is 39.7 Å². The number of hydrogen-bond acceptors (Lipinski definition) is 10. The number of carboxylic acids is 1. The summed E-state index contributed by atoms with van der Waals surface area (Å²) in [7, 11) is 3.99. The Bertz CT molecular complexity index is 1790. The van der Waals surface area contributed by atoms with Crippen LogP contribution < -0.4 is 10.4 Å². The quantitative estimate of drug-likeness (QED) is 0.277. The Morgan fingerprint density at radius 2 is 1.69 bits per heavy atom. The number of piperazine rings is 1. The molecule has 1 aliphatic carbocycles. The van der Waals surface area contributed by atoms with Gasteiger partial charge in [0.1, 0.15) is 11.8 Å². The number of aryl methyl sites for hydroxylation is 1. The second-order valence-corrected chi connectivity index (χ2v) is 11.7. The minimum atomic E-state index is -5.08. The number of carboxylic acid groups (broad SMARTS) is 1. The number of likely N-dealkylation sites (N-methyl/N-ethyl adjacent to an activating group) is 1. The van der Waals surface area contributed by atoms with E-state index >= 15 is 0 Å². The van der Waals surface area contributed by atoms with Crippen LogP contribution in [-0.2, 0) is 18.4 Å². The third kappa shape index (κ3) is 8.22. The van der Waals surface area contributed by atoms with Crippen molar-refractivity contribution in [2.75, 3.05) is 38.2 Å². The van der Waals surface area contributed by atoms with Gasteiger partial charge in [0, 0.05) is 45.3 Å². The van der Waals surface area contributed by atoms with Crippen molar-refractivity contribution < 1.29 is 27.9 Å². The van der Waals surface area contributed by atoms with Gasteiger partial charge in [-0.3, -0.25) is 20.1 Å². The molecule has 0 atom stereocenters. The third-order valence-electron chi connectivity index (χ3n) is 8.26. The first-order chi connectivity index (χ1) is 22.9. The van der Waals surface area contributed by atoms with Gasteiger partial charge in [0.05, 0.1) is 18.1 Å². The fourth-order valence-electron chi connectivity index (χ4n) is 5.62. The van der Waals surface area contributed by atoms with E-state index in [1.165, 1.54) is 5.56 Å². The highest BCUT2D eigenvalue weighted by Crippen LogP contribution is 2.30. The van der Waals surface area contributed by atoms with Gasteiger partial charge in [0.25, 0.3) is 5.91 Å². The Kier molecular flexibility index (Phi) is 10.5. The molecule has 1 aromatic carbocycles. The fraction of sp³-hybridized carbons (Fsp3) is 0.406. The van der Waals surface area contributed by atoms with E-state index in [-0.39, 0.29) is 17.8 Å². The Morgan fingerprint density at radius 1 is 1.02 bits per heavy atom. The average molecular weight is 665 g/mol. The minimum Gasteiger partial charge on any atom is -0.475 e. The van der Waals surface area contributed by atoms with Crippen molar-refractivity contribution in [1.29, 1.82) is 5.26 Å². The molecule has 2 fully saturated rings. The number of halogens is 3. The molecule has 0 bridgehead atoms. The molecule has 252 valence electrons. The zero-order valence-corrected chi connectivity index (χ0v) is 26.5. The van der Waals surface area contributed by atoms with E-state index < -0.39 is 12.1 Å². The summed E-state index contributed by atoms with van der Waals surface area (Å²) in [6, 6.07) is 16.0. The number of alkyl halides is 3. The first-order valence-corrected chi connectivity index (χ1v) is 15.4. The number of pyridine rings is 1. The van der Waals surface area contributed by atoms with Gasteiger partial charge < -0.3 is 14.6 Å². The number of aliphatic carboxylic acids is 1. The lowest BCUT2D eigenvalue weighted by Crippen LogP contribution is -2.49. The number of anilines is 1. The number of carbonyl (C=O) groups is 2. The van der Waals surface area contributed by atoms with Gasteiger partial charge in [-0.15, -0.1) is 0 Å². The summed E-state index contributed by atoms with van der Waals surface area (Å²) in [4.78, 5) is 45.3. The number of aromatic nitrogens is 5. The summed E-state index contributed by atoms with van der Waals surface area (Å²) in [6.07, 6.45) is 0.456. The van der Waals surface area contributed by atoms with E-state index in [0.29, 0.717) is 22.7 Å².